The quantitative estimate of drug-likeness (QED) is 0.282. The second-order valence-corrected chi connectivity index (χ2v) is 4.89. The third-order valence-corrected chi connectivity index (χ3v) is 3.52. The van der Waals surface area contributed by atoms with E-state index in [2.05, 4.69) is 0 Å². The fourth-order valence-electron chi connectivity index (χ4n) is 2.44. The minimum Gasteiger partial charge on any atom is -0.370 e. The number of hydrogen-bond acceptors (Lipinski definition) is 3. The van der Waals surface area contributed by atoms with Crippen molar-refractivity contribution in [2.24, 2.45) is 17.5 Å². The van der Waals surface area contributed by atoms with Crippen LogP contribution in [0.15, 0.2) is 0 Å². The first-order chi connectivity index (χ1) is 7.91. The van der Waals surface area contributed by atoms with E-state index in [0.717, 1.165) is 25.7 Å². The molecule has 0 unspecified atom stereocenters. The van der Waals surface area contributed by atoms with Gasteiger partial charge in [-0.1, -0.05) is 0 Å². The number of carbonyl (C=O) groups is 1. The smallest absolute Gasteiger partial charge is 0.217 e. The maximum atomic E-state index is 10.8. The normalized spacial score (nSPS) is 24.2. The monoisotopic (exact) mass is 241 g/mol. The van der Waals surface area contributed by atoms with Gasteiger partial charge >= 0.3 is 0 Å². The molecule has 0 saturated heterocycles. The lowest BCUT2D eigenvalue weighted by atomic mass is 9.83. The maximum absolute atomic E-state index is 10.8. The van der Waals surface area contributed by atoms with Crippen LogP contribution in [0.25, 0.3) is 0 Å². The van der Waals surface area contributed by atoms with Crippen LogP contribution in [0.2, 0.25) is 0 Å². The molecular formula is C11H23N5O. The Morgan fingerprint density at radius 2 is 1.82 bits per heavy atom. The number of nitrogens with two attached hydrogens (primary N) is 2. The van der Waals surface area contributed by atoms with Crippen LogP contribution in [-0.4, -0.2) is 41.9 Å². The van der Waals surface area contributed by atoms with Crippen molar-refractivity contribution in [3.8, 4) is 0 Å². The first-order valence-corrected chi connectivity index (χ1v) is 6.00. The molecule has 0 aromatic carbocycles. The zero-order chi connectivity index (χ0) is 13.0. The van der Waals surface area contributed by atoms with Crippen molar-refractivity contribution >= 4 is 11.9 Å². The van der Waals surface area contributed by atoms with Crippen LogP contribution in [0.4, 0.5) is 0 Å². The number of primary amides is 1. The third kappa shape index (κ3) is 3.89. The summed E-state index contributed by atoms with van der Waals surface area (Å²) in [6.45, 7) is 0. The molecule has 1 aliphatic carbocycles. The predicted octanol–water partition coefficient (Wildman–Crippen LogP) is 0.0927. The lowest BCUT2D eigenvalue weighted by Gasteiger charge is -2.37. The number of nitrogens with zero attached hydrogens (tertiary/aromatic N) is 2. The number of hydrazine groups is 1. The Hall–Kier alpha value is -1.30. The summed E-state index contributed by atoms with van der Waals surface area (Å²) >= 11 is 0. The van der Waals surface area contributed by atoms with E-state index in [1.165, 1.54) is 5.01 Å². The summed E-state index contributed by atoms with van der Waals surface area (Å²) in [6, 6.07) is 0.345. The van der Waals surface area contributed by atoms with Crippen molar-refractivity contribution in [3.05, 3.63) is 0 Å². The molecular weight excluding hydrogens is 218 g/mol. The van der Waals surface area contributed by atoms with Gasteiger partial charge in [0.05, 0.1) is 0 Å². The van der Waals surface area contributed by atoms with Crippen molar-refractivity contribution in [2.45, 2.75) is 38.1 Å². The average molecular weight is 241 g/mol. The van der Waals surface area contributed by atoms with Gasteiger partial charge in [-0.2, -0.15) is 0 Å². The Kier molecular flexibility index (Phi) is 4.74. The largest absolute Gasteiger partial charge is 0.370 e. The van der Waals surface area contributed by atoms with Crippen LogP contribution < -0.4 is 11.6 Å². The number of nitrogens with one attached hydrogen (secondary N) is 1. The summed E-state index contributed by atoms with van der Waals surface area (Å²) in [7, 11) is 3.56. The second kappa shape index (κ2) is 5.86. The maximum Gasteiger partial charge on any atom is 0.217 e. The van der Waals surface area contributed by atoms with E-state index in [9.17, 15) is 4.79 Å². The summed E-state index contributed by atoms with van der Waals surface area (Å²) < 4.78 is 0. The number of amides is 1. The molecule has 1 rings (SSSR count). The zero-order valence-corrected chi connectivity index (χ0v) is 10.6. The molecule has 1 saturated carbocycles. The highest BCUT2D eigenvalue weighted by molar-refractivity contribution is 5.76. The molecule has 0 aromatic heterocycles. The molecule has 0 atom stereocenters. The van der Waals surface area contributed by atoms with E-state index in [-0.39, 0.29) is 5.91 Å². The van der Waals surface area contributed by atoms with Crippen molar-refractivity contribution in [1.82, 2.24) is 9.91 Å². The molecule has 98 valence electrons. The van der Waals surface area contributed by atoms with Gasteiger partial charge in [-0.05, 0) is 31.6 Å². The number of rotatable bonds is 3. The van der Waals surface area contributed by atoms with Gasteiger partial charge in [0, 0.05) is 26.6 Å². The fourth-order valence-corrected chi connectivity index (χ4v) is 2.44. The van der Waals surface area contributed by atoms with Gasteiger partial charge in [0.2, 0.25) is 11.9 Å². The number of carbonyl (C=O) groups excluding carboxylic acids is 1. The molecule has 0 heterocycles. The van der Waals surface area contributed by atoms with Crippen molar-refractivity contribution in [1.29, 1.82) is 5.41 Å². The van der Waals surface area contributed by atoms with Gasteiger partial charge < -0.3 is 10.6 Å². The minimum atomic E-state index is -0.212. The van der Waals surface area contributed by atoms with Crippen LogP contribution in [-0.2, 0) is 4.79 Å². The Balaban J connectivity index is 2.41. The lowest BCUT2D eigenvalue weighted by Crippen LogP contribution is -2.48. The highest BCUT2D eigenvalue weighted by Gasteiger charge is 2.26. The molecule has 0 aromatic rings. The molecule has 0 spiro atoms. The van der Waals surface area contributed by atoms with E-state index in [1.807, 2.05) is 11.9 Å². The van der Waals surface area contributed by atoms with Crippen molar-refractivity contribution in [2.75, 3.05) is 14.1 Å². The third-order valence-electron chi connectivity index (χ3n) is 3.52. The van der Waals surface area contributed by atoms with Crippen molar-refractivity contribution in [3.63, 3.8) is 0 Å². The molecule has 0 aliphatic heterocycles. The standard InChI is InChI=1S/C11H23N5O/c1-15(11(13)16(2)14)9-5-3-8(4-6-9)7-10(12)17/h8-9,13H,3-7,14H2,1-2H3,(H2,12,17). The van der Waals surface area contributed by atoms with E-state index >= 15 is 0 Å². The van der Waals surface area contributed by atoms with E-state index in [1.54, 1.807) is 7.05 Å². The predicted molar refractivity (Wildman–Crippen MR) is 67.0 cm³/mol. The summed E-state index contributed by atoms with van der Waals surface area (Å²) in [6.07, 6.45) is 4.47. The molecule has 0 radical (unpaired) electrons. The van der Waals surface area contributed by atoms with Gasteiger partial charge in [-0.25, -0.2) is 5.84 Å². The fraction of sp³-hybridized carbons (Fsp3) is 0.818. The highest BCUT2D eigenvalue weighted by Crippen LogP contribution is 2.29. The first-order valence-electron chi connectivity index (χ1n) is 6.00. The van der Waals surface area contributed by atoms with E-state index < -0.39 is 0 Å². The Bertz CT molecular complexity index is 284. The summed E-state index contributed by atoms with van der Waals surface area (Å²) in [5.74, 6) is 6.07. The van der Waals surface area contributed by atoms with E-state index in [0.29, 0.717) is 24.3 Å². The number of hydrogen-bond donors (Lipinski definition) is 3. The molecule has 1 fully saturated rings. The van der Waals surface area contributed by atoms with E-state index in [4.69, 9.17) is 17.0 Å². The van der Waals surface area contributed by atoms with Crippen LogP contribution in [0, 0.1) is 11.3 Å². The molecule has 1 aliphatic rings. The van der Waals surface area contributed by atoms with Crippen LogP contribution in [0.5, 0.6) is 0 Å². The Labute approximate surface area is 102 Å². The van der Waals surface area contributed by atoms with Crippen LogP contribution in [0.1, 0.15) is 32.1 Å². The highest BCUT2D eigenvalue weighted by atomic mass is 16.1. The minimum absolute atomic E-state index is 0.212. The Morgan fingerprint density at radius 1 is 1.29 bits per heavy atom. The molecule has 17 heavy (non-hydrogen) atoms. The Morgan fingerprint density at radius 3 is 2.24 bits per heavy atom. The molecule has 6 heteroatoms. The molecule has 0 bridgehead atoms. The summed E-state index contributed by atoms with van der Waals surface area (Å²) in [5, 5.41) is 9.12. The van der Waals surface area contributed by atoms with Gasteiger partial charge in [-0.3, -0.25) is 15.2 Å². The van der Waals surface area contributed by atoms with Crippen molar-refractivity contribution < 1.29 is 4.79 Å². The van der Waals surface area contributed by atoms with Gasteiger partial charge in [-0.15, -0.1) is 0 Å². The lowest BCUT2D eigenvalue weighted by molar-refractivity contribution is -0.119. The van der Waals surface area contributed by atoms with Crippen LogP contribution in [0.3, 0.4) is 0 Å². The summed E-state index contributed by atoms with van der Waals surface area (Å²) in [5.41, 5.74) is 5.20. The molecule has 1 amide bonds. The zero-order valence-electron chi connectivity index (χ0n) is 10.6. The van der Waals surface area contributed by atoms with Crippen LogP contribution >= 0.6 is 0 Å². The SMILES string of the molecule is CN(N)C(=N)N(C)C1CCC(CC(N)=O)CC1. The first kappa shape index (κ1) is 13.8. The topological polar surface area (TPSA) is 99.4 Å². The van der Waals surface area contributed by atoms with Gasteiger partial charge in [0.25, 0.3) is 0 Å². The molecule has 6 nitrogen and oxygen atoms in total. The summed E-state index contributed by atoms with van der Waals surface area (Å²) in [4.78, 5) is 12.7. The molecule has 5 N–H and O–H groups in total. The number of guanidine groups is 1. The van der Waals surface area contributed by atoms with Gasteiger partial charge in [0.1, 0.15) is 0 Å². The average Bonchev–Trinajstić information content (AvgIpc) is 2.27. The van der Waals surface area contributed by atoms with Gasteiger partial charge in [0.15, 0.2) is 0 Å². The second-order valence-electron chi connectivity index (χ2n) is 4.89.